The van der Waals surface area contributed by atoms with Crippen LogP contribution in [0.5, 0.6) is 5.75 Å². The maximum absolute atomic E-state index is 11.2. The third-order valence-corrected chi connectivity index (χ3v) is 2.08. The van der Waals surface area contributed by atoms with Crippen LogP contribution in [-0.2, 0) is 4.79 Å². The van der Waals surface area contributed by atoms with E-state index in [-0.39, 0.29) is 29.3 Å². The Kier molecular flexibility index (Phi) is 4.19. The molecule has 86 valence electrons. The van der Waals surface area contributed by atoms with Crippen molar-refractivity contribution in [2.24, 2.45) is 0 Å². The number of phenolic OH excluding ortho intramolecular Hbond substituents is 1. The predicted molar refractivity (Wildman–Crippen MR) is 62.2 cm³/mol. The van der Waals surface area contributed by atoms with Crippen LogP contribution in [0, 0.1) is 0 Å². The minimum atomic E-state index is -1.14. The molecule has 0 aromatic heterocycles. The smallest absolute Gasteiger partial charge is 0.335 e. The molecule has 3 N–H and O–H groups in total. The van der Waals surface area contributed by atoms with E-state index in [0.717, 1.165) is 6.07 Å². The summed E-state index contributed by atoms with van der Waals surface area (Å²) in [6, 6.07) is 3.73. The Labute approximate surface area is 97.5 Å². The van der Waals surface area contributed by atoms with Crippen molar-refractivity contribution in [1.82, 2.24) is 0 Å². The normalized spacial score (nSPS) is 9.81. The number of nitrogens with one attached hydrogen (secondary N) is 1. The van der Waals surface area contributed by atoms with Gasteiger partial charge in [0.25, 0.3) is 0 Å². The number of benzene rings is 1. The van der Waals surface area contributed by atoms with Crippen LogP contribution in [0.1, 0.15) is 16.8 Å². The number of carboxylic acid groups (broad SMARTS) is 1. The van der Waals surface area contributed by atoms with Crippen LogP contribution in [-0.4, -0.2) is 27.8 Å². The number of carbonyl (C=O) groups is 2. The number of aromatic hydroxyl groups is 1. The summed E-state index contributed by atoms with van der Waals surface area (Å²) in [6.45, 7) is 0. The van der Waals surface area contributed by atoms with Gasteiger partial charge in [-0.2, -0.15) is 12.6 Å². The highest BCUT2D eigenvalue weighted by Gasteiger charge is 2.09. The van der Waals surface area contributed by atoms with Gasteiger partial charge >= 0.3 is 5.97 Å². The number of hydrogen-bond donors (Lipinski definition) is 4. The Bertz CT molecular complexity index is 419. The van der Waals surface area contributed by atoms with Gasteiger partial charge in [-0.15, -0.1) is 0 Å². The van der Waals surface area contributed by atoms with Gasteiger partial charge in [0.15, 0.2) is 0 Å². The molecule has 1 amide bonds. The first kappa shape index (κ1) is 12.4. The highest BCUT2D eigenvalue weighted by atomic mass is 32.1. The SMILES string of the molecule is O=C(CCS)Nc1ccc(C(=O)O)cc1O. The van der Waals surface area contributed by atoms with Crippen LogP contribution in [0.4, 0.5) is 5.69 Å². The summed E-state index contributed by atoms with van der Waals surface area (Å²) in [5.74, 6) is -1.29. The molecule has 1 aromatic carbocycles. The number of rotatable bonds is 4. The fourth-order valence-corrected chi connectivity index (χ4v) is 1.29. The van der Waals surface area contributed by atoms with Gasteiger partial charge in [0.05, 0.1) is 11.3 Å². The van der Waals surface area contributed by atoms with Crippen molar-refractivity contribution in [3.8, 4) is 5.75 Å². The molecule has 6 heteroatoms. The molecule has 0 bridgehead atoms. The van der Waals surface area contributed by atoms with E-state index in [0.29, 0.717) is 5.75 Å². The lowest BCUT2D eigenvalue weighted by molar-refractivity contribution is -0.115. The average molecular weight is 241 g/mol. The molecule has 5 nitrogen and oxygen atoms in total. The molecule has 0 aliphatic rings. The zero-order valence-corrected chi connectivity index (χ0v) is 9.20. The summed E-state index contributed by atoms with van der Waals surface area (Å²) in [5.41, 5.74) is 0.154. The van der Waals surface area contributed by atoms with Crippen LogP contribution < -0.4 is 5.32 Å². The van der Waals surface area contributed by atoms with E-state index in [1.165, 1.54) is 12.1 Å². The van der Waals surface area contributed by atoms with Gasteiger partial charge in [-0.3, -0.25) is 4.79 Å². The Morgan fingerprint density at radius 3 is 2.56 bits per heavy atom. The highest BCUT2D eigenvalue weighted by molar-refractivity contribution is 7.80. The zero-order valence-electron chi connectivity index (χ0n) is 8.30. The van der Waals surface area contributed by atoms with Crippen LogP contribution in [0.25, 0.3) is 0 Å². The summed E-state index contributed by atoms with van der Waals surface area (Å²) in [5, 5.41) is 20.6. The van der Waals surface area contributed by atoms with Gasteiger partial charge in [-0.05, 0) is 24.0 Å². The van der Waals surface area contributed by atoms with E-state index in [1.807, 2.05) is 0 Å². The second-order valence-corrected chi connectivity index (χ2v) is 3.51. The maximum Gasteiger partial charge on any atom is 0.335 e. The molecule has 0 aliphatic carbocycles. The van der Waals surface area contributed by atoms with Gasteiger partial charge in [0.1, 0.15) is 5.75 Å². The largest absolute Gasteiger partial charge is 0.506 e. The topological polar surface area (TPSA) is 86.6 Å². The van der Waals surface area contributed by atoms with Crippen molar-refractivity contribution < 1.29 is 19.8 Å². The quantitative estimate of drug-likeness (QED) is 0.473. The van der Waals surface area contributed by atoms with Crippen molar-refractivity contribution in [3.05, 3.63) is 23.8 Å². The van der Waals surface area contributed by atoms with E-state index in [4.69, 9.17) is 5.11 Å². The molecule has 0 atom stereocenters. The molecule has 0 spiro atoms. The minimum absolute atomic E-state index is 0.0373. The minimum Gasteiger partial charge on any atom is -0.506 e. The standard InChI is InChI=1S/C10H11NO4S/c12-8-5-6(10(14)15)1-2-7(8)11-9(13)3-4-16/h1-2,5,12,16H,3-4H2,(H,11,13)(H,14,15). The van der Waals surface area contributed by atoms with Crippen LogP contribution in [0.3, 0.4) is 0 Å². The van der Waals surface area contributed by atoms with Crippen molar-refractivity contribution in [3.63, 3.8) is 0 Å². The molecular formula is C10H11NO4S. The van der Waals surface area contributed by atoms with Crippen LogP contribution in [0.15, 0.2) is 18.2 Å². The van der Waals surface area contributed by atoms with Gasteiger partial charge in [-0.25, -0.2) is 4.79 Å². The van der Waals surface area contributed by atoms with E-state index < -0.39 is 5.97 Å². The third-order valence-electron chi connectivity index (χ3n) is 1.86. The van der Waals surface area contributed by atoms with E-state index in [2.05, 4.69) is 17.9 Å². The molecule has 0 saturated heterocycles. The summed E-state index contributed by atoms with van der Waals surface area (Å²) >= 11 is 3.89. The fourth-order valence-electron chi connectivity index (χ4n) is 1.08. The third kappa shape index (κ3) is 3.16. The molecule has 0 aliphatic heterocycles. The number of thiol groups is 1. The number of carbonyl (C=O) groups excluding carboxylic acids is 1. The van der Waals surface area contributed by atoms with Crippen molar-refractivity contribution in [2.45, 2.75) is 6.42 Å². The second-order valence-electron chi connectivity index (χ2n) is 3.06. The molecule has 1 rings (SSSR count). The number of aromatic carboxylic acids is 1. The van der Waals surface area contributed by atoms with Crippen molar-refractivity contribution in [2.75, 3.05) is 11.1 Å². The Morgan fingerprint density at radius 2 is 2.06 bits per heavy atom. The molecule has 1 aromatic rings. The summed E-state index contributed by atoms with van der Waals surface area (Å²) in [6.07, 6.45) is 0.225. The Hall–Kier alpha value is -1.69. The lowest BCUT2D eigenvalue weighted by Gasteiger charge is -2.07. The molecule has 0 saturated carbocycles. The Morgan fingerprint density at radius 1 is 1.38 bits per heavy atom. The molecule has 0 fully saturated rings. The second kappa shape index (κ2) is 5.41. The van der Waals surface area contributed by atoms with E-state index in [9.17, 15) is 14.7 Å². The lowest BCUT2D eigenvalue weighted by Crippen LogP contribution is -2.12. The van der Waals surface area contributed by atoms with Gasteiger partial charge in [0.2, 0.25) is 5.91 Å². The lowest BCUT2D eigenvalue weighted by atomic mass is 10.2. The number of hydrogen-bond acceptors (Lipinski definition) is 4. The molecule has 0 unspecified atom stereocenters. The molecular weight excluding hydrogens is 230 g/mol. The number of phenols is 1. The highest BCUT2D eigenvalue weighted by Crippen LogP contribution is 2.24. The number of carboxylic acids is 1. The zero-order chi connectivity index (χ0) is 12.1. The average Bonchev–Trinajstić information content (AvgIpc) is 2.21. The predicted octanol–water partition coefficient (Wildman–Crippen LogP) is 1.35. The Balaban J connectivity index is 2.83. The van der Waals surface area contributed by atoms with Crippen LogP contribution >= 0.6 is 12.6 Å². The summed E-state index contributed by atoms with van der Waals surface area (Å²) in [4.78, 5) is 21.8. The number of anilines is 1. The molecule has 0 heterocycles. The first-order valence-electron chi connectivity index (χ1n) is 4.51. The summed E-state index contributed by atoms with van der Waals surface area (Å²) < 4.78 is 0. The van der Waals surface area contributed by atoms with Gasteiger partial charge in [-0.1, -0.05) is 0 Å². The van der Waals surface area contributed by atoms with E-state index in [1.54, 1.807) is 0 Å². The van der Waals surface area contributed by atoms with Crippen molar-refractivity contribution in [1.29, 1.82) is 0 Å². The van der Waals surface area contributed by atoms with Crippen molar-refractivity contribution >= 4 is 30.2 Å². The first-order valence-corrected chi connectivity index (χ1v) is 5.15. The molecule has 16 heavy (non-hydrogen) atoms. The first-order chi connectivity index (χ1) is 7.54. The van der Waals surface area contributed by atoms with Gasteiger partial charge in [0, 0.05) is 6.42 Å². The summed E-state index contributed by atoms with van der Waals surface area (Å²) in [7, 11) is 0. The number of amides is 1. The fraction of sp³-hybridized carbons (Fsp3) is 0.200. The van der Waals surface area contributed by atoms with E-state index >= 15 is 0 Å². The van der Waals surface area contributed by atoms with Gasteiger partial charge < -0.3 is 15.5 Å². The monoisotopic (exact) mass is 241 g/mol. The molecule has 0 radical (unpaired) electrons. The van der Waals surface area contributed by atoms with Crippen LogP contribution in [0.2, 0.25) is 0 Å². The maximum atomic E-state index is 11.2.